The summed E-state index contributed by atoms with van der Waals surface area (Å²) in [6.07, 6.45) is 0.626. The van der Waals surface area contributed by atoms with Crippen LogP contribution in [0.5, 0.6) is 17.2 Å². The second kappa shape index (κ2) is 5.89. The summed E-state index contributed by atoms with van der Waals surface area (Å²) in [5, 5.41) is 17.9. The van der Waals surface area contributed by atoms with Gasteiger partial charge >= 0.3 is 0 Å². The minimum absolute atomic E-state index is 0.237. The Bertz CT molecular complexity index is 727. The van der Waals surface area contributed by atoms with E-state index in [1.54, 1.807) is 26.4 Å². The lowest BCUT2D eigenvalue weighted by molar-refractivity contribution is 0.394. The Kier molecular flexibility index (Phi) is 3.78. The van der Waals surface area contributed by atoms with Gasteiger partial charge in [0.05, 0.1) is 25.6 Å². The smallest absolute Gasteiger partial charge is 0.123 e. The van der Waals surface area contributed by atoms with Crippen LogP contribution in [0.25, 0.3) is 0 Å². The van der Waals surface area contributed by atoms with Crippen LogP contribution in [0.3, 0.4) is 0 Å². The monoisotopic (exact) mass is 296 g/mol. The molecule has 0 aliphatic carbocycles. The number of hydrogen-bond acceptors (Lipinski definition) is 5. The first kappa shape index (κ1) is 14.1. The van der Waals surface area contributed by atoms with Gasteiger partial charge in [-0.2, -0.15) is 10.2 Å². The molecule has 0 amide bonds. The van der Waals surface area contributed by atoms with Gasteiger partial charge in [-0.3, -0.25) is 0 Å². The minimum Gasteiger partial charge on any atom is -0.508 e. The molecular formula is C17H16N2O3. The highest BCUT2D eigenvalue weighted by molar-refractivity contribution is 6.20. The molecule has 0 spiro atoms. The molecule has 0 radical (unpaired) electrons. The fourth-order valence-electron chi connectivity index (χ4n) is 2.30. The number of ether oxygens (including phenoxy) is 2. The molecule has 3 rings (SSSR count). The number of rotatable bonds is 4. The molecule has 5 heteroatoms. The van der Waals surface area contributed by atoms with Crippen molar-refractivity contribution in [1.82, 2.24) is 0 Å². The van der Waals surface area contributed by atoms with Crippen LogP contribution in [0.15, 0.2) is 52.7 Å². The van der Waals surface area contributed by atoms with Crippen molar-refractivity contribution in [2.75, 3.05) is 14.2 Å². The molecule has 0 aromatic heterocycles. The Morgan fingerprint density at radius 3 is 1.91 bits per heavy atom. The predicted molar refractivity (Wildman–Crippen MR) is 85.3 cm³/mol. The van der Waals surface area contributed by atoms with Crippen LogP contribution >= 0.6 is 0 Å². The van der Waals surface area contributed by atoms with E-state index in [-0.39, 0.29) is 5.75 Å². The molecule has 0 atom stereocenters. The van der Waals surface area contributed by atoms with E-state index in [4.69, 9.17) is 9.47 Å². The highest BCUT2D eigenvalue weighted by atomic mass is 16.5. The van der Waals surface area contributed by atoms with Crippen molar-refractivity contribution < 1.29 is 14.6 Å². The maximum atomic E-state index is 9.35. The summed E-state index contributed by atoms with van der Waals surface area (Å²) in [7, 11) is 3.24. The van der Waals surface area contributed by atoms with Crippen molar-refractivity contribution >= 4 is 11.4 Å². The molecule has 0 fully saturated rings. The largest absolute Gasteiger partial charge is 0.508 e. The van der Waals surface area contributed by atoms with Gasteiger partial charge < -0.3 is 14.6 Å². The zero-order valence-electron chi connectivity index (χ0n) is 12.4. The van der Waals surface area contributed by atoms with Crippen LogP contribution in [0, 0.1) is 0 Å². The number of benzene rings is 2. The van der Waals surface area contributed by atoms with Crippen LogP contribution < -0.4 is 9.47 Å². The van der Waals surface area contributed by atoms with Crippen molar-refractivity contribution in [3.63, 3.8) is 0 Å². The molecule has 2 aromatic carbocycles. The van der Waals surface area contributed by atoms with Gasteiger partial charge in [-0.1, -0.05) is 0 Å². The SMILES string of the molecule is COc1cc(OC)cc(C2=NN=C(c3ccc(O)cc3)C2)c1. The molecule has 22 heavy (non-hydrogen) atoms. The second-order valence-electron chi connectivity index (χ2n) is 4.92. The Hall–Kier alpha value is -2.82. The summed E-state index contributed by atoms with van der Waals surface area (Å²) in [5.41, 5.74) is 3.61. The molecule has 0 bridgehead atoms. The number of hydrogen-bond donors (Lipinski definition) is 1. The van der Waals surface area contributed by atoms with Crippen molar-refractivity contribution in [3.05, 3.63) is 53.6 Å². The molecule has 1 aliphatic rings. The van der Waals surface area contributed by atoms with Gasteiger partial charge in [-0.05, 0) is 42.0 Å². The number of phenols is 1. The molecule has 5 nitrogen and oxygen atoms in total. The first-order valence-corrected chi connectivity index (χ1v) is 6.86. The van der Waals surface area contributed by atoms with Crippen LogP contribution in [-0.4, -0.2) is 30.7 Å². The van der Waals surface area contributed by atoms with Crippen molar-refractivity contribution in [1.29, 1.82) is 0 Å². The van der Waals surface area contributed by atoms with Crippen LogP contribution in [-0.2, 0) is 0 Å². The van der Waals surface area contributed by atoms with Crippen LogP contribution in [0.4, 0.5) is 0 Å². The van der Waals surface area contributed by atoms with Gasteiger partial charge in [0.2, 0.25) is 0 Å². The van der Waals surface area contributed by atoms with E-state index in [2.05, 4.69) is 10.2 Å². The van der Waals surface area contributed by atoms with Gasteiger partial charge in [0.15, 0.2) is 0 Å². The molecule has 1 aliphatic heterocycles. The zero-order valence-corrected chi connectivity index (χ0v) is 12.4. The van der Waals surface area contributed by atoms with E-state index in [1.165, 1.54) is 0 Å². The van der Waals surface area contributed by atoms with E-state index >= 15 is 0 Å². The lowest BCUT2D eigenvalue weighted by atomic mass is 10.0. The first-order chi connectivity index (χ1) is 10.7. The van der Waals surface area contributed by atoms with Gasteiger partial charge in [0.25, 0.3) is 0 Å². The van der Waals surface area contributed by atoms with E-state index in [9.17, 15) is 5.11 Å². The topological polar surface area (TPSA) is 63.4 Å². The zero-order chi connectivity index (χ0) is 15.5. The standard InChI is InChI=1S/C17H16N2O3/c1-21-14-7-12(8-15(9-14)22-2)17-10-16(18-19-17)11-3-5-13(20)6-4-11/h3-9,20H,10H2,1-2H3. The maximum absolute atomic E-state index is 9.35. The Morgan fingerprint density at radius 2 is 1.36 bits per heavy atom. The van der Waals surface area contributed by atoms with Crippen molar-refractivity contribution in [2.45, 2.75) is 6.42 Å². The van der Waals surface area contributed by atoms with E-state index < -0.39 is 0 Å². The van der Waals surface area contributed by atoms with E-state index in [0.717, 1.165) is 34.0 Å². The fourth-order valence-corrected chi connectivity index (χ4v) is 2.30. The molecule has 1 N–H and O–H groups in total. The van der Waals surface area contributed by atoms with Gasteiger partial charge in [-0.25, -0.2) is 0 Å². The van der Waals surface area contributed by atoms with Crippen LogP contribution in [0.2, 0.25) is 0 Å². The lowest BCUT2D eigenvalue weighted by Crippen LogP contribution is -2.05. The summed E-state index contributed by atoms with van der Waals surface area (Å²) in [6.45, 7) is 0. The Labute approximate surface area is 128 Å². The molecule has 0 saturated carbocycles. The van der Waals surface area contributed by atoms with Crippen molar-refractivity contribution in [2.24, 2.45) is 10.2 Å². The van der Waals surface area contributed by atoms with E-state index in [1.807, 2.05) is 30.3 Å². The summed E-state index contributed by atoms with van der Waals surface area (Å²) < 4.78 is 10.6. The molecule has 2 aromatic rings. The Morgan fingerprint density at radius 1 is 0.818 bits per heavy atom. The third-order valence-corrected chi connectivity index (χ3v) is 3.51. The second-order valence-corrected chi connectivity index (χ2v) is 4.92. The minimum atomic E-state index is 0.237. The third kappa shape index (κ3) is 2.79. The first-order valence-electron chi connectivity index (χ1n) is 6.86. The summed E-state index contributed by atoms with van der Waals surface area (Å²) in [4.78, 5) is 0. The normalized spacial score (nSPS) is 13.5. The number of phenolic OH excluding ortho intramolecular Hbond substituents is 1. The van der Waals surface area contributed by atoms with E-state index in [0.29, 0.717) is 6.42 Å². The van der Waals surface area contributed by atoms with Crippen LogP contribution in [0.1, 0.15) is 17.5 Å². The maximum Gasteiger partial charge on any atom is 0.123 e. The average molecular weight is 296 g/mol. The average Bonchev–Trinajstić information content (AvgIpc) is 3.05. The molecule has 1 heterocycles. The van der Waals surface area contributed by atoms with Crippen molar-refractivity contribution in [3.8, 4) is 17.2 Å². The molecule has 0 unspecified atom stereocenters. The summed E-state index contributed by atoms with van der Waals surface area (Å²) in [6, 6.07) is 12.6. The van der Waals surface area contributed by atoms with Gasteiger partial charge in [0.1, 0.15) is 17.2 Å². The summed E-state index contributed by atoms with van der Waals surface area (Å²) in [5.74, 6) is 1.67. The quantitative estimate of drug-likeness (QED) is 0.943. The number of methoxy groups -OCH3 is 2. The third-order valence-electron chi connectivity index (χ3n) is 3.51. The molecule has 112 valence electrons. The predicted octanol–water partition coefficient (Wildman–Crippen LogP) is 3.01. The highest BCUT2D eigenvalue weighted by Crippen LogP contribution is 2.26. The fraction of sp³-hybridized carbons (Fsp3) is 0.176. The number of nitrogens with zero attached hydrogens (tertiary/aromatic N) is 2. The van der Waals surface area contributed by atoms with Gasteiger partial charge in [0, 0.05) is 18.1 Å². The molecular weight excluding hydrogens is 280 g/mol. The highest BCUT2D eigenvalue weighted by Gasteiger charge is 2.17. The Balaban J connectivity index is 1.83. The lowest BCUT2D eigenvalue weighted by Gasteiger charge is -2.08. The number of aromatic hydroxyl groups is 1. The molecule has 0 saturated heterocycles. The summed E-state index contributed by atoms with van der Waals surface area (Å²) >= 11 is 0. The van der Waals surface area contributed by atoms with Gasteiger partial charge in [-0.15, -0.1) is 0 Å².